The van der Waals surface area contributed by atoms with Crippen LogP contribution in [-0.4, -0.2) is 25.6 Å². The minimum Gasteiger partial charge on any atom is -0.380 e. The Morgan fingerprint density at radius 3 is 2.36 bits per heavy atom. The Bertz CT molecular complexity index is 294. The third-order valence-electron chi connectivity index (χ3n) is 2.05. The highest BCUT2D eigenvalue weighted by Crippen LogP contribution is 2.34. The molecule has 0 aliphatic heterocycles. The van der Waals surface area contributed by atoms with Gasteiger partial charge in [0.2, 0.25) is 0 Å². The summed E-state index contributed by atoms with van der Waals surface area (Å²) in [6.07, 6.45) is -0.673. The molecule has 3 nitrogen and oxygen atoms in total. The molecule has 1 rings (SSSR count). The molecule has 14 heavy (non-hydrogen) atoms. The van der Waals surface area contributed by atoms with Crippen molar-refractivity contribution < 1.29 is 14.6 Å². The second kappa shape index (κ2) is 4.72. The molecule has 0 fully saturated rings. The highest BCUT2D eigenvalue weighted by molar-refractivity contribution is 9.10. The molecule has 0 aliphatic carbocycles. The molecule has 0 bridgehead atoms. The van der Waals surface area contributed by atoms with Gasteiger partial charge in [-0.3, -0.25) is 0 Å². The number of hydrogen-bond donors (Lipinski definition) is 1. The maximum Gasteiger partial charge on any atom is 0.189 e. The van der Waals surface area contributed by atoms with Gasteiger partial charge in [0, 0.05) is 29.6 Å². The highest BCUT2D eigenvalue weighted by atomic mass is 79.9. The Morgan fingerprint density at radius 1 is 1.43 bits per heavy atom. The summed E-state index contributed by atoms with van der Waals surface area (Å²) in [6, 6.07) is 0. The van der Waals surface area contributed by atoms with Crippen molar-refractivity contribution in [3.05, 3.63) is 20.8 Å². The molecule has 1 unspecified atom stereocenters. The Kier molecular flexibility index (Phi) is 4.09. The molecular weight excluding hydrogens is 268 g/mol. The maximum atomic E-state index is 10.2. The van der Waals surface area contributed by atoms with Gasteiger partial charge < -0.3 is 14.6 Å². The van der Waals surface area contributed by atoms with Crippen LogP contribution < -0.4 is 0 Å². The average molecular weight is 281 g/mol. The summed E-state index contributed by atoms with van der Waals surface area (Å²) in [5.41, 5.74) is -0.376. The maximum absolute atomic E-state index is 10.2. The predicted molar refractivity (Wildman–Crippen MR) is 59.4 cm³/mol. The summed E-state index contributed by atoms with van der Waals surface area (Å²) < 4.78 is 11.0. The van der Waals surface area contributed by atoms with Crippen molar-refractivity contribution in [1.29, 1.82) is 0 Å². The van der Waals surface area contributed by atoms with Gasteiger partial charge in [0.25, 0.3) is 0 Å². The van der Waals surface area contributed by atoms with E-state index in [1.807, 2.05) is 10.8 Å². The minimum atomic E-state index is -1.15. The number of aliphatic hydroxyl groups is 1. The lowest BCUT2D eigenvalue weighted by atomic mass is 9.98. The van der Waals surface area contributed by atoms with Crippen molar-refractivity contribution in [1.82, 2.24) is 0 Å². The summed E-state index contributed by atoms with van der Waals surface area (Å²) in [6.45, 7) is 1.66. The van der Waals surface area contributed by atoms with Gasteiger partial charge in [-0.2, -0.15) is 11.3 Å². The fraction of sp³-hybridized carbons (Fsp3) is 0.556. The van der Waals surface area contributed by atoms with E-state index in [-0.39, 0.29) is 0 Å². The zero-order valence-electron chi connectivity index (χ0n) is 8.28. The van der Waals surface area contributed by atoms with Gasteiger partial charge in [0.15, 0.2) is 6.29 Å². The zero-order valence-corrected chi connectivity index (χ0v) is 10.7. The van der Waals surface area contributed by atoms with E-state index in [0.717, 1.165) is 10.0 Å². The standard InChI is InChI=1S/C9H13BrO3S/c1-9(11,8(12-2)13-3)6-4-14-5-7(6)10/h4-5,8,11H,1-3H3. The van der Waals surface area contributed by atoms with Crippen LogP contribution in [0, 0.1) is 0 Å². The van der Waals surface area contributed by atoms with Crippen LogP contribution in [0.25, 0.3) is 0 Å². The van der Waals surface area contributed by atoms with E-state index >= 15 is 0 Å². The molecule has 1 heterocycles. The topological polar surface area (TPSA) is 38.7 Å². The lowest BCUT2D eigenvalue weighted by molar-refractivity contribution is -0.213. The smallest absolute Gasteiger partial charge is 0.189 e. The molecule has 1 aromatic rings. The first-order valence-electron chi connectivity index (χ1n) is 4.04. The van der Waals surface area contributed by atoms with Crippen LogP contribution >= 0.6 is 27.3 Å². The van der Waals surface area contributed by atoms with E-state index in [1.165, 1.54) is 25.6 Å². The first kappa shape index (κ1) is 12.1. The fourth-order valence-corrected chi connectivity index (χ4v) is 3.13. The molecule has 0 radical (unpaired) electrons. The summed E-state index contributed by atoms with van der Waals surface area (Å²) in [4.78, 5) is 0. The SMILES string of the molecule is COC(OC)C(C)(O)c1cscc1Br. The van der Waals surface area contributed by atoms with Crippen LogP contribution in [0.5, 0.6) is 0 Å². The number of halogens is 1. The van der Waals surface area contributed by atoms with E-state index in [0.29, 0.717) is 0 Å². The molecule has 0 amide bonds. The average Bonchev–Trinajstić information content (AvgIpc) is 2.53. The number of ether oxygens (including phenoxy) is 2. The lowest BCUT2D eigenvalue weighted by Gasteiger charge is -2.30. The van der Waals surface area contributed by atoms with Gasteiger partial charge in [-0.15, -0.1) is 0 Å². The molecule has 1 N–H and O–H groups in total. The summed E-state index contributed by atoms with van der Waals surface area (Å²) in [5.74, 6) is 0. The lowest BCUT2D eigenvalue weighted by Crippen LogP contribution is -2.39. The first-order chi connectivity index (χ1) is 6.54. The predicted octanol–water partition coefficient (Wildman–Crippen LogP) is 2.34. The van der Waals surface area contributed by atoms with Crippen molar-refractivity contribution in [3.63, 3.8) is 0 Å². The third-order valence-corrected chi connectivity index (χ3v) is 3.75. The second-order valence-electron chi connectivity index (χ2n) is 3.08. The minimum absolute atomic E-state index is 0.673. The molecule has 0 aliphatic rings. The van der Waals surface area contributed by atoms with Crippen molar-refractivity contribution >= 4 is 27.3 Å². The first-order valence-corrected chi connectivity index (χ1v) is 5.77. The number of rotatable bonds is 4. The van der Waals surface area contributed by atoms with E-state index in [1.54, 1.807) is 6.92 Å². The zero-order chi connectivity index (χ0) is 10.8. The Labute approximate surface area is 95.8 Å². The molecular formula is C9H13BrO3S. The van der Waals surface area contributed by atoms with Gasteiger partial charge in [-0.1, -0.05) is 0 Å². The molecule has 1 atom stereocenters. The molecule has 0 spiro atoms. The molecule has 0 saturated heterocycles. The number of methoxy groups -OCH3 is 2. The van der Waals surface area contributed by atoms with Gasteiger partial charge >= 0.3 is 0 Å². The largest absolute Gasteiger partial charge is 0.380 e. The molecule has 80 valence electrons. The van der Waals surface area contributed by atoms with Crippen LogP contribution in [0.1, 0.15) is 12.5 Å². The van der Waals surface area contributed by atoms with Crippen molar-refractivity contribution in [3.8, 4) is 0 Å². The monoisotopic (exact) mass is 280 g/mol. The van der Waals surface area contributed by atoms with Crippen LogP contribution in [0.3, 0.4) is 0 Å². The molecule has 0 aromatic carbocycles. The summed E-state index contributed by atoms with van der Waals surface area (Å²) >= 11 is 4.88. The van der Waals surface area contributed by atoms with E-state index in [2.05, 4.69) is 15.9 Å². The van der Waals surface area contributed by atoms with E-state index in [9.17, 15) is 5.11 Å². The van der Waals surface area contributed by atoms with Crippen molar-refractivity contribution in [2.45, 2.75) is 18.8 Å². The second-order valence-corrected chi connectivity index (χ2v) is 4.68. The number of hydrogen-bond acceptors (Lipinski definition) is 4. The van der Waals surface area contributed by atoms with Crippen molar-refractivity contribution in [2.24, 2.45) is 0 Å². The van der Waals surface area contributed by atoms with Crippen LogP contribution in [0.4, 0.5) is 0 Å². The Balaban J connectivity index is 3.00. The van der Waals surface area contributed by atoms with Crippen LogP contribution in [0.15, 0.2) is 15.2 Å². The Hall–Kier alpha value is 0.0600. The molecule has 1 aromatic heterocycles. The molecule has 0 saturated carbocycles. The number of thiophene rings is 1. The van der Waals surface area contributed by atoms with Crippen molar-refractivity contribution in [2.75, 3.05) is 14.2 Å². The van der Waals surface area contributed by atoms with Crippen LogP contribution in [-0.2, 0) is 15.1 Å². The third kappa shape index (κ3) is 2.17. The Morgan fingerprint density at radius 2 is 2.00 bits per heavy atom. The van der Waals surface area contributed by atoms with Gasteiger partial charge in [-0.25, -0.2) is 0 Å². The van der Waals surface area contributed by atoms with E-state index < -0.39 is 11.9 Å². The van der Waals surface area contributed by atoms with Crippen LogP contribution in [0.2, 0.25) is 0 Å². The summed E-state index contributed by atoms with van der Waals surface area (Å²) in [7, 11) is 3.01. The highest BCUT2D eigenvalue weighted by Gasteiger charge is 2.36. The molecule has 5 heteroatoms. The summed E-state index contributed by atoms with van der Waals surface area (Å²) in [5, 5.41) is 14.0. The fourth-order valence-electron chi connectivity index (χ4n) is 1.32. The quantitative estimate of drug-likeness (QED) is 0.861. The van der Waals surface area contributed by atoms with Gasteiger partial charge in [0.05, 0.1) is 0 Å². The van der Waals surface area contributed by atoms with E-state index in [4.69, 9.17) is 9.47 Å². The van der Waals surface area contributed by atoms with Gasteiger partial charge in [-0.05, 0) is 28.2 Å². The van der Waals surface area contributed by atoms with Gasteiger partial charge in [0.1, 0.15) is 5.60 Å². The normalized spacial score (nSPS) is 15.9.